The fourth-order valence-electron chi connectivity index (χ4n) is 2.43. The maximum absolute atomic E-state index is 6.08. The van der Waals surface area contributed by atoms with Gasteiger partial charge in [-0.3, -0.25) is 9.98 Å². The van der Waals surface area contributed by atoms with E-state index in [0.29, 0.717) is 12.5 Å². The lowest BCUT2D eigenvalue weighted by molar-refractivity contribution is 0.738. The maximum Gasteiger partial charge on any atom is 0.196 e. The van der Waals surface area contributed by atoms with E-state index in [2.05, 4.69) is 49.9 Å². The van der Waals surface area contributed by atoms with Crippen LogP contribution in [0.15, 0.2) is 52.1 Å². The van der Waals surface area contributed by atoms with Gasteiger partial charge in [0.2, 0.25) is 0 Å². The van der Waals surface area contributed by atoms with E-state index < -0.39 is 0 Å². The van der Waals surface area contributed by atoms with Crippen LogP contribution in [0, 0.1) is 6.92 Å². The number of aryl methyl sites for hydroxylation is 1. The largest absolute Gasteiger partial charge is 0.369 e. The van der Waals surface area contributed by atoms with Crippen molar-refractivity contribution in [3.8, 4) is 0 Å². The van der Waals surface area contributed by atoms with E-state index in [-0.39, 0.29) is 6.04 Å². The Morgan fingerprint density at radius 1 is 1.25 bits per heavy atom. The highest BCUT2D eigenvalue weighted by atomic mass is 79.9. The van der Waals surface area contributed by atoms with Crippen LogP contribution in [0.2, 0.25) is 0 Å². The third kappa shape index (κ3) is 2.29. The second-order valence-electron chi connectivity index (χ2n) is 4.77. The molecule has 1 atom stereocenters. The number of halogens is 1. The molecule has 1 aliphatic heterocycles. The summed E-state index contributed by atoms with van der Waals surface area (Å²) in [5.41, 5.74) is 9.31. The van der Waals surface area contributed by atoms with Crippen molar-refractivity contribution >= 4 is 27.6 Å². The van der Waals surface area contributed by atoms with Crippen molar-refractivity contribution in [3.05, 3.63) is 58.3 Å². The molecule has 0 fully saturated rings. The zero-order valence-electron chi connectivity index (χ0n) is 11.1. The maximum atomic E-state index is 6.08. The summed E-state index contributed by atoms with van der Waals surface area (Å²) in [7, 11) is 0. The molecule has 102 valence electrons. The van der Waals surface area contributed by atoms with Crippen LogP contribution in [0.1, 0.15) is 17.3 Å². The summed E-state index contributed by atoms with van der Waals surface area (Å²) < 4.78 is 0.968. The molecule has 2 N–H and O–H groups in total. The van der Waals surface area contributed by atoms with Gasteiger partial charge in [0, 0.05) is 16.4 Å². The van der Waals surface area contributed by atoms with E-state index in [1.165, 1.54) is 5.56 Å². The number of aliphatic imine (C=N–C) groups is 1. The molecule has 1 unspecified atom stereocenters. The van der Waals surface area contributed by atoms with Crippen molar-refractivity contribution in [3.63, 3.8) is 0 Å². The summed E-state index contributed by atoms with van der Waals surface area (Å²) in [5.74, 6) is 0.550. The molecule has 3 rings (SSSR count). The molecular weight excluding hydrogens is 316 g/mol. The SMILES string of the molecule is Cc1ccccc1N1C(N)=NCC1c1ccc(Br)cn1. The van der Waals surface area contributed by atoms with E-state index in [0.717, 1.165) is 15.9 Å². The van der Waals surface area contributed by atoms with Crippen LogP contribution in [-0.2, 0) is 0 Å². The lowest BCUT2D eigenvalue weighted by Crippen LogP contribution is -2.36. The van der Waals surface area contributed by atoms with E-state index in [9.17, 15) is 0 Å². The average molecular weight is 331 g/mol. The van der Waals surface area contributed by atoms with E-state index in [4.69, 9.17) is 5.73 Å². The molecule has 0 saturated carbocycles. The minimum atomic E-state index is 0.0594. The van der Waals surface area contributed by atoms with E-state index in [1.807, 2.05) is 24.3 Å². The van der Waals surface area contributed by atoms with Gasteiger partial charge in [-0.15, -0.1) is 0 Å². The standard InChI is InChI=1S/C15H15BrN4/c1-10-4-2-3-5-13(10)20-14(9-19-15(20)17)12-7-6-11(16)8-18-12/h2-8,14H,9H2,1H3,(H2,17,19). The smallest absolute Gasteiger partial charge is 0.196 e. The molecule has 0 saturated heterocycles. The Bertz CT molecular complexity index is 651. The first kappa shape index (κ1) is 13.1. The van der Waals surface area contributed by atoms with Gasteiger partial charge in [-0.2, -0.15) is 0 Å². The minimum absolute atomic E-state index is 0.0594. The fourth-order valence-corrected chi connectivity index (χ4v) is 2.67. The number of hydrogen-bond acceptors (Lipinski definition) is 4. The van der Waals surface area contributed by atoms with Crippen LogP contribution >= 0.6 is 15.9 Å². The van der Waals surface area contributed by atoms with Gasteiger partial charge in [0.15, 0.2) is 5.96 Å². The van der Waals surface area contributed by atoms with Gasteiger partial charge in [-0.1, -0.05) is 18.2 Å². The molecule has 5 heteroatoms. The van der Waals surface area contributed by atoms with Crippen molar-refractivity contribution in [1.29, 1.82) is 0 Å². The Morgan fingerprint density at radius 2 is 2.05 bits per heavy atom. The molecule has 1 aromatic heterocycles. The average Bonchev–Trinajstić information content (AvgIpc) is 2.82. The zero-order chi connectivity index (χ0) is 14.1. The van der Waals surface area contributed by atoms with Crippen molar-refractivity contribution in [1.82, 2.24) is 4.98 Å². The second kappa shape index (κ2) is 5.25. The predicted molar refractivity (Wildman–Crippen MR) is 84.8 cm³/mol. The topological polar surface area (TPSA) is 54.5 Å². The third-order valence-electron chi connectivity index (χ3n) is 3.45. The Balaban J connectivity index is 2.01. The third-order valence-corrected chi connectivity index (χ3v) is 3.92. The summed E-state index contributed by atoms with van der Waals surface area (Å²) in [5, 5.41) is 0. The first-order chi connectivity index (χ1) is 9.66. The molecule has 1 aliphatic rings. The molecule has 2 heterocycles. The molecule has 4 nitrogen and oxygen atoms in total. The van der Waals surface area contributed by atoms with Gasteiger partial charge in [0.05, 0.1) is 18.3 Å². The van der Waals surface area contributed by atoms with Crippen LogP contribution in [0.25, 0.3) is 0 Å². The fraction of sp³-hybridized carbons (Fsp3) is 0.200. The van der Waals surface area contributed by atoms with Gasteiger partial charge < -0.3 is 10.6 Å². The normalized spacial score (nSPS) is 18.2. The van der Waals surface area contributed by atoms with Crippen LogP contribution in [-0.4, -0.2) is 17.5 Å². The second-order valence-corrected chi connectivity index (χ2v) is 5.69. The number of hydrogen-bond donors (Lipinski definition) is 1. The van der Waals surface area contributed by atoms with Crippen molar-refractivity contribution < 1.29 is 0 Å². The number of rotatable bonds is 2. The van der Waals surface area contributed by atoms with Crippen molar-refractivity contribution in [2.24, 2.45) is 10.7 Å². The zero-order valence-corrected chi connectivity index (χ0v) is 12.7. The van der Waals surface area contributed by atoms with Gasteiger partial charge in [-0.05, 0) is 46.6 Å². The molecule has 0 aliphatic carbocycles. The summed E-state index contributed by atoms with van der Waals surface area (Å²) >= 11 is 3.41. The molecule has 0 radical (unpaired) electrons. The summed E-state index contributed by atoms with van der Waals surface area (Å²) in [6.07, 6.45) is 1.81. The molecule has 20 heavy (non-hydrogen) atoms. The van der Waals surface area contributed by atoms with Gasteiger partial charge in [0.1, 0.15) is 0 Å². The summed E-state index contributed by atoms with van der Waals surface area (Å²) in [6, 6.07) is 12.2. The molecule has 0 bridgehead atoms. The predicted octanol–water partition coefficient (Wildman–Crippen LogP) is 3.03. The number of benzene rings is 1. The molecular formula is C15H15BrN4. The summed E-state index contributed by atoms with van der Waals surface area (Å²) in [4.78, 5) is 10.9. The number of guanidine groups is 1. The molecule has 2 aromatic rings. The van der Waals surface area contributed by atoms with E-state index in [1.54, 1.807) is 6.20 Å². The molecule has 0 spiro atoms. The first-order valence-corrected chi connectivity index (χ1v) is 7.22. The quantitative estimate of drug-likeness (QED) is 0.920. The van der Waals surface area contributed by atoms with Crippen molar-refractivity contribution in [2.45, 2.75) is 13.0 Å². The van der Waals surface area contributed by atoms with Crippen LogP contribution < -0.4 is 10.6 Å². The highest BCUT2D eigenvalue weighted by molar-refractivity contribution is 9.10. The lowest BCUT2D eigenvalue weighted by Gasteiger charge is -2.27. The van der Waals surface area contributed by atoms with Crippen LogP contribution in [0.5, 0.6) is 0 Å². The van der Waals surface area contributed by atoms with Crippen LogP contribution in [0.3, 0.4) is 0 Å². The number of anilines is 1. The van der Waals surface area contributed by atoms with Gasteiger partial charge in [0.25, 0.3) is 0 Å². The highest BCUT2D eigenvalue weighted by Crippen LogP contribution is 2.32. The Morgan fingerprint density at radius 3 is 2.75 bits per heavy atom. The number of nitrogens with two attached hydrogens (primary N) is 1. The first-order valence-electron chi connectivity index (χ1n) is 6.43. The number of para-hydroxylation sites is 1. The number of pyridine rings is 1. The minimum Gasteiger partial charge on any atom is -0.369 e. The number of nitrogens with zero attached hydrogens (tertiary/aromatic N) is 3. The number of aromatic nitrogens is 1. The monoisotopic (exact) mass is 330 g/mol. The summed E-state index contributed by atoms with van der Waals surface area (Å²) in [6.45, 7) is 2.71. The Hall–Kier alpha value is -1.88. The van der Waals surface area contributed by atoms with Crippen LogP contribution in [0.4, 0.5) is 5.69 Å². The van der Waals surface area contributed by atoms with E-state index >= 15 is 0 Å². The van der Waals surface area contributed by atoms with Gasteiger partial charge >= 0.3 is 0 Å². The van der Waals surface area contributed by atoms with Gasteiger partial charge in [-0.25, -0.2) is 0 Å². The molecule has 1 aromatic carbocycles. The lowest BCUT2D eigenvalue weighted by atomic mass is 10.1. The Labute approximate surface area is 126 Å². The molecule has 0 amide bonds. The highest BCUT2D eigenvalue weighted by Gasteiger charge is 2.30. The van der Waals surface area contributed by atoms with Crippen molar-refractivity contribution in [2.75, 3.05) is 11.4 Å². The Kier molecular flexibility index (Phi) is 3.44.